The fraction of sp³-hybridized carbons (Fsp3) is 0.0476. The van der Waals surface area contributed by atoms with Gasteiger partial charge >= 0.3 is 5.69 Å². The number of halogens is 2. The van der Waals surface area contributed by atoms with Crippen LogP contribution in [0.15, 0.2) is 82.4 Å². The number of hydrogen-bond donors (Lipinski definition) is 0. The second-order valence-electron chi connectivity index (χ2n) is 6.10. The maximum absolute atomic E-state index is 14.3. The smallest absolute Gasteiger partial charge is 0.288 e. The lowest BCUT2D eigenvalue weighted by atomic mass is 10.2. The Morgan fingerprint density at radius 2 is 1.52 bits per heavy atom. The molecule has 0 aliphatic rings. The summed E-state index contributed by atoms with van der Waals surface area (Å²) in [4.78, 5) is 26.1. The van der Waals surface area contributed by atoms with E-state index in [2.05, 4.69) is 0 Å². The molecular weight excluding hydrogens is 367 g/mol. The number of aromatic nitrogens is 2. The van der Waals surface area contributed by atoms with Crippen LogP contribution in [-0.2, 0) is 6.54 Å². The van der Waals surface area contributed by atoms with Crippen molar-refractivity contribution >= 4 is 22.5 Å². The van der Waals surface area contributed by atoms with Crippen LogP contribution in [0.1, 0.15) is 5.56 Å². The first-order valence-corrected chi connectivity index (χ1v) is 8.68. The normalized spacial score (nSPS) is 11.0. The van der Waals surface area contributed by atoms with Crippen molar-refractivity contribution in [1.29, 1.82) is 0 Å². The Labute approximate surface area is 158 Å². The van der Waals surface area contributed by atoms with Crippen molar-refractivity contribution in [2.75, 3.05) is 0 Å². The van der Waals surface area contributed by atoms with Crippen molar-refractivity contribution in [3.63, 3.8) is 0 Å². The summed E-state index contributed by atoms with van der Waals surface area (Å²) in [5.41, 5.74) is 0.121. The highest BCUT2D eigenvalue weighted by Crippen LogP contribution is 2.15. The van der Waals surface area contributed by atoms with Gasteiger partial charge in [-0.1, -0.05) is 48.0 Å². The molecule has 0 amide bonds. The molecule has 3 aromatic carbocycles. The van der Waals surface area contributed by atoms with Gasteiger partial charge in [-0.15, -0.1) is 0 Å². The van der Waals surface area contributed by atoms with Gasteiger partial charge in [0, 0.05) is 5.02 Å². The monoisotopic (exact) mass is 380 g/mol. The highest BCUT2D eigenvalue weighted by molar-refractivity contribution is 6.30. The number of benzene rings is 3. The molecule has 0 saturated carbocycles. The third-order valence-electron chi connectivity index (χ3n) is 4.40. The number of fused-ring (bicyclic) bond motifs is 1. The van der Waals surface area contributed by atoms with Crippen LogP contribution in [0.4, 0.5) is 4.39 Å². The Balaban J connectivity index is 2.03. The van der Waals surface area contributed by atoms with E-state index >= 15 is 0 Å². The van der Waals surface area contributed by atoms with Gasteiger partial charge in [-0.05, 0) is 42.0 Å². The molecule has 0 aliphatic carbocycles. The molecule has 0 spiro atoms. The SMILES string of the molecule is O=c1c2ccccc2n(Cc2ccc(Cl)cc2)c(=O)n1-c1ccccc1F. The first-order valence-electron chi connectivity index (χ1n) is 8.30. The van der Waals surface area contributed by atoms with E-state index in [1.165, 1.54) is 22.8 Å². The summed E-state index contributed by atoms with van der Waals surface area (Å²) < 4.78 is 16.7. The maximum Gasteiger partial charge on any atom is 0.336 e. The molecule has 27 heavy (non-hydrogen) atoms. The minimum atomic E-state index is -0.634. The molecule has 134 valence electrons. The van der Waals surface area contributed by atoms with Gasteiger partial charge in [-0.2, -0.15) is 0 Å². The summed E-state index contributed by atoms with van der Waals surface area (Å²) in [5.74, 6) is -0.634. The summed E-state index contributed by atoms with van der Waals surface area (Å²) in [6.07, 6.45) is 0. The first-order chi connectivity index (χ1) is 13.1. The zero-order valence-electron chi connectivity index (χ0n) is 14.1. The standard InChI is InChI=1S/C21H14ClFN2O2/c22-15-11-9-14(10-12-15)13-24-18-7-3-1-5-16(18)20(26)25(21(24)27)19-8-4-2-6-17(19)23/h1-12H,13H2. The van der Waals surface area contributed by atoms with Gasteiger partial charge in [-0.3, -0.25) is 9.36 Å². The average molecular weight is 381 g/mol. The van der Waals surface area contributed by atoms with E-state index in [0.717, 1.165) is 10.1 Å². The molecule has 0 saturated heterocycles. The quantitative estimate of drug-likeness (QED) is 0.539. The lowest BCUT2D eigenvalue weighted by molar-refractivity contribution is 0.606. The summed E-state index contributed by atoms with van der Waals surface area (Å²) >= 11 is 5.93. The third kappa shape index (κ3) is 3.06. The molecule has 0 atom stereocenters. The van der Waals surface area contributed by atoms with Crippen LogP contribution < -0.4 is 11.2 Å². The first kappa shape index (κ1) is 17.2. The van der Waals surface area contributed by atoms with Crippen LogP contribution >= 0.6 is 11.6 Å². The number of para-hydroxylation sites is 2. The van der Waals surface area contributed by atoms with E-state index in [-0.39, 0.29) is 12.2 Å². The molecule has 0 radical (unpaired) electrons. The van der Waals surface area contributed by atoms with Crippen LogP contribution in [0.2, 0.25) is 5.02 Å². The molecule has 6 heteroatoms. The zero-order valence-corrected chi connectivity index (χ0v) is 14.9. The molecule has 0 bridgehead atoms. The molecular formula is C21H14ClFN2O2. The molecule has 4 rings (SSSR count). The largest absolute Gasteiger partial charge is 0.336 e. The molecule has 4 aromatic rings. The van der Waals surface area contributed by atoms with Crippen LogP contribution in [0.25, 0.3) is 16.6 Å². The van der Waals surface area contributed by atoms with Gasteiger partial charge < -0.3 is 0 Å². The van der Waals surface area contributed by atoms with Crippen molar-refractivity contribution in [2.45, 2.75) is 6.54 Å². The number of nitrogens with zero attached hydrogens (tertiary/aromatic N) is 2. The molecule has 0 fully saturated rings. The van der Waals surface area contributed by atoms with Crippen molar-refractivity contribution in [1.82, 2.24) is 9.13 Å². The van der Waals surface area contributed by atoms with Gasteiger partial charge in [-0.25, -0.2) is 13.8 Å². The van der Waals surface area contributed by atoms with Crippen LogP contribution in [0.3, 0.4) is 0 Å². The summed E-state index contributed by atoms with van der Waals surface area (Å²) in [7, 11) is 0. The predicted octanol–water partition coefficient (Wildman–Crippen LogP) is 3.99. The van der Waals surface area contributed by atoms with E-state index in [9.17, 15) is 14.0 Å². The van der Waals surface area contributed by atoms with Crippen LogP contribution in [-0.4, -0.2) is 9.13 Å². The lowest BCUT2D eigenvalue weighted by Gasteiger charge is -2.14. The van der Waals surface area contributed by atoms with Gasteiger partial charge in [0.25, 0.3) is 5.56 Å². The summed E-state index contributed by atoms with van der Waals surface area (Å²) in [5, 5.41) is 0.932. The Bertz CT molecular complexity index is 1260. The van der Waals surface area contributed by atoms with Crippen molar-refractivity contribution < 1.29 is 4.39 Å². The van der Waals surface area contributed by atoms with E-state index < -0.39 is 17.1 Å². The van der Waals surface area contributed by atoms with Crippen LogP contribution in [0, 0.1) is 5.82 Å². The highest BCUT2D eigenvalue weighted by atomic mass is 35.5. The van der Waals surface area contributed by atoms with E-state index in [0.29, 0.717) is 15.9 Å². The molecule has 1 aromatic heterocycles. The molecule has 0 N–H and O–H groups in total. The fourth-order valence-corrected chi connectivity index (χ4v) is 3.22. The highest BCUT2D eigenvalue weighted by Gasteiger charge is 2.16. The van der Waals surface area contributed by atoms with E-state index in [1.807, 2.05) is 12.1 Å². The second-order valence-corrected chi connectivity index (χ2v) is 6.54. The summed E-state index contributed by atoms with van der Waals surface area (Å²) in [6.45, 7) is 0.227. The van der Waals surface area contributed by atoms with E-state index in [1.54, 1.807) is 42.5 Å². The molecule has 0 unspecified atom stereocenters. The van der Waals surface area contributed by atoms with Crippen molar-refractivity contribution in [3.8, 4) is 5.69 Å². The Hall–Kier alpha value is -3.18. The number of rotatable bonds is 3. The summed E-state index contributed by atoms with van der Waals surface area (Å²) in [6, 6.07) is 19.6. The Morgan fingerprint density at radius 1 is 0.852 bits per heavy atom. The maximum atomic E-state index is 14.3. The van der Waals surface area contributed by atoms with Gasteiger partial charge in [0.15, 0.2) is 0 Å². The van der Waals surface area contributed by atoms with Crippen molar-refractivity contribution in [2.24, 2.45) is 0 Å². The lowest BCUT2D eigenvalue weighted by Crippen LogP contribution is -2.39. The fourth-order valence-electron chi connectivity index (χ4n) is 3.09. The minimum Gasteiger partial charge on any atom is -0.288 e. The molecule has 1 heterocycles. The molecule has 4 nitrogen and oxygen atoms in total. The topological polar surface area (TPSA) is 44.0 Å². The van der Waals surface area contributed by atoms with Gasteiger partial charge in [0.2, 0.25) is 0 Å². The Morgan fingerprint density at radius 3 is 2.26 bits per heavy atom. The Kier molecular flexibility index (Phi) is 4.38. The van der Waals surface area contributed by atoms with Crippen molar-refractivity contribution in [3.05, 3.63) is 110 Å². The predicted molar refractivity (Wildman–Crippen MR) is 104 cm³/mol. The average Bonchev–Trinajstić information content (AvgIpc) is 2.68. The van der Waals surface area contributed by atoms with Gasteiger partial charge in [0.1, 0.15) is 5.82 Å². The van der Waals surface area contributed by atoms with E-state index in [4.69, 9.17) is 11.6 Å². The number of hydrogen-bond acceptors (Lipinski definition) is 2. The third-order valence-corrected chi connectivity index (χ3v) is 4.65. The minimum absolute atomic E-state index is 0.0666. The second kappa shape index (κ2) is 6.85. The molecule has 0 aliphatic heterocycles. The van der Waals surface area contributed by atoms with Crippen LogP contribution in [0.5, 0.6) is 0 Å². The zero-order chi connectivity index (χ0) is 19.0. The van der Waals surface area contributed by atoms with Gasteiger partial charge in [0.05, 0.1) is 23.1 Å².